The smallest absolute Gasteiger partial charge is 0.208 e. The van der Waals surface area contributed by atoms with Crippen LogP contribution in [0.3, 0.4) is 0 Å². The lowest BCUT2D eigenvalue weighted by molar-refractivity contribution is -0.110. The number of carbonyl (C=O) groups is 1. The normalized spacial score (nSPS) is 23.6. The van der Waals surface area contributed by atoms with Crippen molar-refractivity contribution in [1.29, 1.82) is 0 Å². The Morgan fingerprint density at radius 3 is 2.43 bits per heavy atom. The van der Waals surface area contributed by atoms with Gasteiger partial charge in [0.2, 0.25) is 6.41 Å². The van der Waals surface area contributed by atoms with Gasteiger partial charge in [0.15, 0.2) is 0 Å². The first kappa shape index (κ1) is 4.59. The minimum Gasteiger partial charge on any atom is -0.341 e. The summed E-state index contributed by atoms with van der Waals surface area (Å²) in [6.45, 7) is 0. The fourth-order valence-corrected chi connectivity index (χ4v) is 0.396. The van der Waals surface area contributed by atoms with Gasteiger partial charge in [0.25, 0.3) is 0 Å². The minimum atomic E-state index is -0.318. The zero-order valence-electron chi connectivity index (χ0n) is 3.98. The molecule has 1 aliphatic rings. The van der Waals surface area contributed by atoms with E-state index in [-0.39, 0.29) is 5.66 Å². The fourth-order valence-electron chi connectivity index (χ4n) is 0.396. The quantitative estimate of drug-likeness (QED) is 0.352. The highest BCUT2D eigenvalue weighted by Crippen LogP contribution is 2.27. The van der Waals surface area contributed by atoms with E-state index in [4.69, 9.17) is 5.73 Å². The van der Waals surface area contributed by atoms with E-state index in [0.29, 0.717) is 6.41 Å². The molecule has 7 heavy (non-hydrogen) atoms. The van der Waals surface area contributed by atoms with Gasteiger partial charge in [0, 0.05) is 0 Å². The first-order valence-corrected chi connectivity index (χ1v) is 2.27. The Labute approximate surface area is 41.9 Å². The lowest BCUT2D eigenvalue weighted by atomic mass is 10.5. The Morgan fingerprint density at radius 1 is 1.71 bits per heavy atom. The third-order valence-electron chi connectivity index (χ3n) is 1.14. The topological polar surface area (TPSA) is 55.1 Å². The molecule has 1 fully saturated rings. The summed E-state index contributed by atoms with van der Waals surface area (Å²) in [4.78, 5) is 9.67. The zero-order chi connectivity index (χ0) is 5.33. The molecule has 0 radical (unpaired) electrons. The summed E-state index contributed by atoms with van der Waals surface area (Å²) < 4.78 is 0. The Kier molecular flexibility index (Phi) is 0.785. The third kappa shape index (κ3) is 0.899. The molecule has 1 saturated carbocycles. The van der Waals surface area contributed by atoms with Crippen molar-refractivity contribution in [2.75, 3.05) is 0 Å². The average molecular weight is 100 g/mol. The van der Waals surface area contributed by atoms with Crippen LogP contribution >= 0.6 is 0 Å². The molecular weight excluding hydrogens is 92.1 g/mol. The summed E-state index contributed by atoms with van der Waals surface area (Å²) in [6.07, 6.45) is 2.49. The predicted molar refractivity (Wildman–Crippen MR) is 25.4 cm³/mol. The van der Waals surface area contributed by atoms with Crippen molar-refractivity contribution in [3.05, 3.63) is 0 Å². The lowest BCUT2D eigenvalue weighted by Gasteiger charge is -2.02. The van der Waals surface area contributed by atoms with E-state index >= 15 is 0 Å². The van der Waals surface area contributed by atoms with Gasteiger partial charge in [-0.25, -0.2) is 0 Å². The molecular formula is C4H8N2O. The van der Waals surface area contributed by atoms with Crippen LogP contribution in [0.4, 0.5) is 0 Å². The number of nitrogens with two attached hydrogens (primary N) is 1. The van der Waals surface area contributed by atoms with Gasteiger partial charge in [-0.2, -0.15) is 0 Å². The van der Waals surface area contributed by atoms with Crippen molar-refractivity contribution < 1.29 is 4.79 Å². The average Bonchev–Trinajstić information content (AvgIpc) is 2.22. The molecule has 3 heteroatoms. The zero-order valence-corrected chi connectivity index (χ0v) is 3.98. The summed E-state index contributed by atoms with van der Waals surface area (Å²) in [6, 6.07) is 0. The number of carbonyl (C=O) groups excluding carboxylic acids is 1. The largest absolute Gasteiger partial charge is 0.341 e. The molecule has 1 rings (SSSR count). The third-order valence-corrected chi connectivity index (χ3v) is 1.14. The lowest BCUT2D eigenvalue weighted by Crippen LogP contribution is -2.38. The van der Waals surface area contributed by atoms with Gasteiger partial charge in [-0.05, 0) is 12.8 Å². The summed E-state index contributed by atoms with van der Waals surface area (Å²) in [5, 5.41) is 2.49. The second-order valence-corrected chi connectivity index (χ2v) is 1.92. The van der Waals surface area contributed by atoms with Crippen molar-refractivity contribution in [3.63, 3.8) is 0 Å². The molecule has 0 aromatic heterocycles. The van der Waals surface area contributed by atoms with Crippen LogP contribution in [0.5, 0.6) is 0 Å². The van der Waals surface area contributed by atoms with Crippen LogP contribution in [-0.4, -0.2) is 12.1 Å². The molecule has 0 atom stereocenters. The number of nitrogens with one attached hydrogen (secondary N) is 1. The monoisotopic (exact) mass is 100 g/mol. The molecule has 0 unspecified atom stereocenters. The van der Waals surface area contributed by atoms with E-state index in [9.17, 15) is 4.79 Å². The van der Waals surface area contributed by atoms with Crippen LogP contribution in [-0.2, 0) is 4.79 Å². The minimum absolute atomic E-state index is 0.318. The highest BCUT2D eigenvalue weighted by atomic mass is 16.1. The van der Waals surface area contributed by atoms with Crippen LogP contribution in [0.1, 0.15) is 12.8 Å². The first-order chi connectivity index (χ1) is 3.27. The maximum Gasteiger partial charge on any atom is 0.208 e. The standard InChI is InChI=1S/C4H8N2O/c5-4(1-2-4)6-3-7/h3H,1-2,5H2,(H,6,7). The van der Waals surface area contributed by atoms with Crippen molar-refractivity contribution in [1.82, 2.24) is 5.32 Å². The number of amides is 1. The van der Waals surface area contributed by atoms with Gasteiger partial charge in [-0.15, -0.1) is 0 Å². The molecule has 1 amide bonds. The van der Waals surface area contributed by atoms with Crippen LogP contribution in [0, 0.1) is 0 Å². The molecule has 1 aliphatic carbocycles. The van der Waals surface area contributed by atoms with Gasteiger partial charge in [0.05, 0.1) is 5.66 Å². The molecule has 3 N–H and O–H groups in total. The molecule has 40 valence electrons. The number of rotatable bonds is 2. The van der Waals surface area contributed by atoms with Crippen molar-refractivity contribution in [2.24, 2.45) is 5.73 Å². The van der Waals surface area contributed by atoms with Crippen molar-refractivity contribution in [2.45, 2.75) is 18.5 Å². The highest BCUT2D eigenvalue weighted by molar-refractivity contribution is 5.48. The van der Waals surface area contributed by atoms with Gasteiger partial charge in [-0.3, -0.25) is 4.79 Å². The van der Waals surface area contributed by atoms with Gasteiger partial charge >= 0.3 is 0 Å². The summed E-state index contributed by atoms with van der Waals surface area (Å²) in [7, 11) is 0. The van der Waals surface area contributed by atoms with Gasteiger partial charge in [0.1, 0.15) is 0 Å². The molecule has 0 aromatic carbocycles. The summed E-state index contributed by atoms with van der Waals surface area (Å²) in [5.41, 5.74) is 5.10. The second-order valence-electron chi connectivity index (χ2n) is 1.92. The Balaban J connectivity index is 2.25. The van der Waals surface area contributed by atoms with E-state index in [1.165, 1.54) is 0 Å². The predicted octanol–water partition coefficient (Wildman–Crippen LogP) is -0.819. The Morgan fingerprint density at radius 2 is 2.29 bits per heavy atom. The van der Waals surface area contributed by atoms with Crippen LogP contribution < -0.4 is 11.1 Å². The maximum atomic E-state index is 9.67. The summed E-state index contributed by atoms with van der Waals surface area (Å²) in [5.74, 6) is 0. The number of hydrogen-bond donors (Lipinski definition) is 2. The van der Waals surface area contributed by atoms with E-state index < -0.39 is 0 Å². The molecule has 0 spiro atoms. The van der Waals surface area contributed by atoms with Crippen LogP contribution in [0.25, 0.3) is 0 Å². The SMILES string of the molecule is NC1(NC=O)CC1. The van der Waals surface area contributed by atoms with Crippen molar-refractivity contribution >= 4 is 6.41 Å². The second kappa shape index (κ2) is 1.20. The molecule has 0 bridgehead atoms. The van der Waals surface area contributed by atoms with E-state index in [1.807, 2.05) is 0 Å². The fraction of sp³-hybridized carbons (Fsp3) is 0.750. The van der Waals surface area contributed by atoms with E-state index in [2.05, 4.69) is 5.32 Å². The maximum absolute atomic E-state index is 9.67. The van der Waals surface area contributed by atoms with E-state index in [1.54, 1.807) is 0 Å². The van der Waals surface area contributed by atoms with Crippen molar-refractivity contribution in [3.8, 4) is 0 Å². The summed E-state index contributed by atoms with van der Waals surface area (Å²) >= 11 is 0. The van der Waals surface area contributed by atoms with E-state index in [0.717, 1.165) is 12.8 Å². The van der Waals surface area contributed by atoms with Crippen LogP contribution in [0.15, 0.2) is 0 Å². The molecule has 0 saturated heterocycles. The highest BCUT2D eigenvalue weighted by Gasteiger charge is 2.37. The molecule has 3 nitrogen and oxygen atoms in total. The first-order valence-electron chi connectivity index (χ1n) is 2.27. The van der Waals surface area contributed by atoms with Gasteiger partial charge < -0.3 is 11.1 Å². The molecule has 0 heterocycles. The Bertz CT molecular complexity index is 87.7. The Hall–Kier alpha value is -0.570. The molecule has 0 aromatic rings. The number of hydrogen-bond acceptors (Lipinski definition) is 2. The van der Waals surface area contributed by atoms with Gasteiger partial charge in [-0.1, -0.05) is 0 Å². The van der Waals surface area contributed by atoms with Crippen LogP contribution in [0.2, 0.25) is 0 Å². The molecule has 0 aliphatic heterocycles.